The van der Waals surface area contributed by atoms with Crippen LogP contribution in [0.15, 0.2) is 24.7 Å². The molecule has 0 unspecified atom stereocenters. The van der Waals surface area contributed by atoms with Gasteiger partial charge in [-0.25, -0.2) is 9.97 Å². The Bertz CT molecular complexity index is 1990. The number of likely N-dealkylation sites (N-methyl/N-ethyl adjacent to an activating group) is 1. The van der Waals surface area contributed by atoms with Crippen molar-refractivity contribution < 1.29 is 62.5 Å². The monoisotopic (exact) mass is 949 g/mol. The Morgan fingerprint density at radius 2 is 1.62 bits per heavy atom. The summed E-state index contributed by atoms with van der Waals surface area (Å²) in [5.41, 5.74) is -2.20. The summed E-state index contributed by atoms with van der Waals surface area (Å²) >= 11 is 1.41. The number of aliphatic hydroxyl groups excluding tert-OH is 2. The molecule has 0 radical (unpaired) electrons. The first-order chi connectivity index (χ1) is 31.0. The van der Waals surface area contributed by atoms with E-state index in [1.165, 1.54) is 18.9 Å². The molecule has 0 aromatic carbocycles. The molecule has 6 rings (SSSR count). The predicted molar refractivity (Wildman–Crippen MR) is 246 cm³/mol. The highest BCUT2D eigenvalue weighted by atomic mass is 32.2. The molecule has 2 N–H and O–H groups in total. The van der Waals surface area contributed by atoms with Crippen molar-refractivity contribution in [2.45, 2.75) is 185 Å². The largest absolute Gasteiger partial charge is 0.458 e. The Kier molecular flexibility index (Phi) is 16.8. The number of ether oxygens (including phenoxy) is 8. The molecule has 4 fully saturated rings. The number of thioether (sulfide) groups is 1. The summed E-state index contributed by atoms with van der Waals surface area (Å²) in [5.74, 6) is -4.52. The Morgan fingerprint density at radius 3 is 2.27 bits per heavy atom. The highest BCUT2D eigenvalue weighted by Crippen LogP contribution is 2.49. The number of hydrogen-bond acceptors (Lipinski definition) is 17. The van der Waals surface area contributed by atoms with E-state index in [1.54, 1.807) is 47.3 Å². The average molecular weight is 949 g/mol. The van der Waals surface area contributed by atoms with Gasteiger partial charge in [-0.15, -0.1) is 11.8 Å². The van der Waals surface area contributed by atoms with Crippen LogP contribution in [0, 0.1) is 29.6 Å². The number of aromatic nitrogens is 3. The molecule has 18 heteroatoms. The second-order valence-electron chi connectivity index (χ2n) is 20.2. The van der Waals surface area contributed by atoms with Gasteiger partial charge in [-0.1, -0.05) is 27.7 Å². The third-order valence-electron chi connectivity index (χ3n) is 15.3. The van der Waals surface area contributed by atoms with E-state index >= 15 is 4.79 Å². The lowest BCUT2D eigenvalue weighted by molar-refractivity contribution is -0.319. The number of carbonyl (C=O) groups excluding carboxylic acids is 3. The van der Waals surface area contributed by atoms with Crippen molar-refractivity contribution in [2.24, 2.45) is 29.6 Å². The summed E-state index contributed by atoms with van der Waals surface area (Å²) in [7, 11) is 6.87. The summed E-state index contributed by atoms with van der Waals surface area (Å²) in [6.45, 7) is 18.8. The van der Waals surface area contributed by atoms with Gasteiger partial charge in [0, 0.05) is 68.8 Å². The number of fused-ring (bicyclic) bond motifs is 2. The second kappa shape index (κ2) is 21.1. The first-order valence-corrected chi connectivity index (χ1v) is 24.7. The molecule has 4 aliphatic heterocycles. The van der Waals surface area contributed by atoms with E-state index in [2.05, 4.69) is 9.97 Å². The van der Waals surface area contributed by atoms with Crippen LogP contribution >= 0.6 is 11.8 Å². The van der Waals surface area contributed by atoms with Gasteiger partial charge < -0.3 is 57.6 Å². The van der Waals surface area contributed by atoms with E-state index in [0.717, 1.165) is 11.2 Å². The number of carbonyl (C=O) groups is 3. The van der Waals surface area contributed by atoms with Crippen LogP contribution in [0.3, 0.4) is 0 Å². The fourth-order valence-corrected chi connectivity index (χ4v) is 12.7. The van der Waals surface area contributed by atoms with Crippen LogP contribution < -0.4 is 0 Å². The normalized spacial score (nSPS) is 43.1. The molecule has 2 aromatic rings. The zero-order chi connectivity index (χ0) is 48.6. The molecular weight excluding hydrogens is 873 g/mol. The van der Waals surface area contributed by atoms with Crippen LogP contribution in [0.1, 0.15) is 94.9 Å². The number of nitrogens with zero attached hydrogens (tertiary/aromatic N) is 4. The van der Waals surface area contributed by atoms with Gasteiger partial charge in [-0.2, -0.15) is 0 Å². The van der Waals surface area contributed by atoms with Crippen LogP contribution in [0.5, 0.6) is 0 Å². The molecule has 17 nitrogen and oxygen atoms in total. The molecule has 372 valence electrons. The Hall–Kier alpha value is -2.78. The van der Waals surface area contributed by atoms with Gasteiger partial charge in [0.25, 0.3) is 0 Å². The van der Waals surface area contributed by atoms with Gasteiger partial charge in [0.05, 0.1) is 47.9 Å². The molecule has 4 saturated heterocycles. The zero-order valence-corrected chi connectivity index (χ0v) is 42.2. The van der Waals surface area contributed by atoms with Crippen molar-refractivity contribution in [3.8, 4) is 0 Å². The average Bonchev–Trinajstić information content (AvgIpc) is 3.81. The van der Waals surface area contributed by atoms with Gasteiger partial charge in [-0.05, 0) is 87.0 Å². The number of ketones is 1. The zero-order valence-electron chi connectivity index (χ0n) is 41.4. The van der Waals surface area contributed by atoms with Crippen molar-refractivity contribution in [2.75, 3.05) is 34.1 Å². The van der Waals surface area contributed by atoms with E-state index in [1.807, 2.05) is 77.2 Å². The SMILES string of the molecule is CC[C@H]1OC(=O)[C@H](C)[C@@H](O[C@H]2C[C@@](C)(OC)[C@@H](O)[C@H](C)O2)[C@H](C)[C@@H](O[C@@H]2O[C@H](C)C[C@H](N(C)C)[C@H]2O)[C@](C)(OC)C[C@@H](C)C(=O)[C@H](C)[C@H]2[C@H](SCCn3cnc4cccnc43)C(=O)O[C@@]21C. The Morgan fingerprint density at radius 1 is 0.924 bits per heavy atom. The van der Waals surface area contributed by atoms with Gasteiger partial charge in [-0.3, -0.25) is 14.4 Å². The predicted octanol–water partition coefficient (Wildman–Crippen LogP) is 4.81. The van der Waals surface area contributed by atoms with Crippen molar-refractivity contribution in [1.82, 2.24) is 19.4 Å². The Labute approximate surface area is 394 Å². The molecule has 66 heavy (non-hydrogen) atoms. The lowest BCUT2D eigenvalue weighted by atomic mass is 9.70. The van der Waals surface area contributed by atoms with E-state index in [-0.39, 0.29) is 37.2 Å². The molecule has 0 amide bonds. The minimum atomic E-state index is -1.38. The van der Waals surface area contributed by atoms with E-state index in [9.17, 15) is 19.8 Å². The quantitative estimate of drug-likeness (QED) is 0.275. The van der Waals surface area contributed by atoms with Gasteiger partial charge in [0.1, 0.15) is 34.9 Å². The number of aryl methyl sites for hydroxylation is 1. The molecule has 4 aliphatic rings. The number of rotatable bonds is 12. The number of aliphatic hydroxyl groups is 2. The molecule has 0 spiro atoms. The molecule has 19 atom stereocenters. The Balaban J connectivity index is 1.42. The van der Waals surface area contributed by atoms with Crippen molar-refractivity contribution in [3.63, 3.8) is 0 Å². The van der Waals surface area contributed by atoms with Crippen LogP contribution in [-0.2, 0) is 58.8 Å². The first kappa shape index (κ1) is 52.6. The molecule has 0 saturated carbocycles. The van der Waals surface area contributed by atoms with Crippen LogP contribution in [0.4, 0.5) is 0 Å². The lowest BCUT2D eigenvalue weighted by Crippen LogP contribution is -2.61. The minimum absolute atomic E-state index is 0.119. The third kappa shape index (κ3) is 10.4. The fraction of sp³-hybridized carbons (Fsp3) is 0.812. The molecule has 6 heterocycles. The molecule has 2 aromatic heterocycles. The summed E-state index contributed by atoms with van der Waals surface area (Å²) in [6.07, 6.45) is -3.41. The number of imidazole rings is 1. The maximum atomic E-state index is 15.1. The first-order valence-electron chi connectivity index (χ1n) is 23.6. The van der Waals surface area contributed by atoms with Crippen molar-refractivity contribution in [1.29, 1.82) is 0 Å². The highest BCUT2D eigenvalue weighted by molar-refractivity contribution is 8.00. The fourth-order valence-electron chi connectivity index (χ4n) is 11.2. The smallest absolute Gasteiger partial charge is 0.320 e. The van der Waals surface area contributed by atoms with E-state index in [4.69, 9.17) is 37.9 Å². The van der Waals surface area contributed by atoms with E-state index < -0.39 is 113 Å². The standard InChI is InChI=1S/C48H76N4O13S/c1-15-33-48(10)35(39(44(57)65-48)66-20-19-52-24-50-31-17-16-18-49-42(31)52)27(4)36(53)25(2)22-47(9,59-14)41(64-45-37(54)32(51(11)12)21-26(3)60-45)28(5)38(29(6)43(56)62-33)63-34-23-46(8,58-13)40(55)30(7)61-34/h16-18,24-30,32-35,37-41,45,54-55H,15,19-23H2,1-14H3/t25-,26-,27-,28+,29-,30+,32+,33-,34+,35+,37-,38+,39+,40+,41-,45+,46-,47-,48-/m1/s1. The van der Waals surface area contributed by atoms with Crippen molar-refractivity contribution >= 4 is 40.6 Å². The summed E-state index contributed by atoms with van der Waals surface area (Å²) in [4.78, 5) is 55.1. The molecular formula is C48H76N4O13S. The summed E-state index contributed by atoms with van der Waals surface area (Å²) < 4.78 is 53.6. The van der Waals surface area contributed by atoms with Gasteiger partial charge >= 0.3 is 11.9 Å². The van der Waals surface area contributed by atoms with Gasteiger partial charge in [0.2, 0.25) is 0 Å². The maximum absolute atomic E-state index is 15.1. The van der Waals surface area contributed by atoms with E-state index in [0.29, 0.717) is 18.7 Å². The number of hydrogen-bond donors (Lipinski definition) is 2. The second-order valence-corrected chi connectivity index (χ2v) is 21.4. The molecule has 0 bridgehead atoms. The van der Waals surface area contributed by atoms with Crippen LogP contribution in [0.2, 0.25) is 0 Å². The highest BCUT2D eigenvalue weighted by Gasteiger charge is 2.62. The van der Waals surface area contributed by atoms with Crippen molar-refractivity contribution in [3.05, 3.63) is 24.7 Å². The van der Waals surface area contributed by atoms with Gasteiger partial charge in [0.15, 0.2) is 23.8 Å². The summed E-state index contributed by atoms with van der Waals surface area (Å²) in [5, 5.41) is 22.2. The number of Topliss-reactive ketones (excluding diaryl/α,β-unsaturated/α-hetero) is 1. The number of esters is 2. The minimum Gasteiger partial charge on any atom is -0.458 e. The number of pyridine rings is 1. The third-order valence-corrected chi connectivity index (χ3v) is 16.5. The topological polar surface area (TPSA) is 199 Å². The number of methoxy groups -OCH3 is 2. The van der Waals surface area contributed by atoms with Crippen LogP contribution in [0.25, 0.3) is 11.2 Å². The van der Waals surface area contributed by atoms with Crippen LogP contribution in [-0.4, -0.2) is 165 Å². The summed E-state index contributed by atoms with van der Waals surface area (Å²) in [6, 6.07) is 3.42. The molecule has 0 aliphatic carbocycles. The number of cyclic esters (lactones) is 1. The lowest BCUT2D eigenvalue weighted by Gasteiger charge is -2.50. The maximum Gasteiger partial charge on any atom is 0.320 e.